The molecule has 0 aliphatic heterocycles. The van der Waals surface area contributed by atoms with Crippen molar-refractivity contribution in [2.75, 3.05) is 0 Å². The zero-order valence-electron chi connectivity index (χ0n) is 14.0. The lowest BCUT2D eigenvalue weighted by Gasteiger charge is -2.15. The van der Waals surface area contributed by atoms with E-state index in [9.17, 15) is 16.8 Å². The van der Waals surface area contributed by atoms with Crippen molar-refractivity contribution in [2.45, 2.75) is 53.3 Å². The number of aryl methyl sites for hydroxylation is 1. The molecule has 0 heterocycles. The minimum Gasteiger partial charge on any atom is -0.219 e. The van der Waals surface area contributed by atoms with Gasteiger partial charge in [-0.3, -0.25) is 0 Å². The highest BCUT2D eigenvalue weighted by atomic mass is 32.2. The first-order chi connectivity index (χ1) is 11.8. The Hall–Kier alpha value is -1.70. The smallest absolute Gasteiger partial charge is 0.219 e. The van der Waals surface area contributed by atoms with Crippen molar-refractivity contribution in [3.05, 3.63) is 54.1 Å². The van der Waals surface area contributed by atoms with Crippen molar-refractivity contribution < 1.29 is 16.8 Å². The van der Waals surface area contributed by atoms with Crippen LogP contribution in [-0.4, -0.2) is 22.9 Å². The molecule has 3 rings (SSSR count). The lowest BCUT2D eigenvalue weighted by molar-refractivity contribution is 0.551. The van der Waals surface area contributed by atoms with Gasteiger partial charge < -0.3 is 0 Å². The third-order valence-electron chi connectivity index (χ3n) is 4.49. The molecule has 25 heavy (non-hydrogen) atoms. The SMILES string of the molecule is Cc1ccc(S(=O)(=O)c2ccccc2)cc1S(=O)(=O)NC1CCCC1. The molecule has 1 fully saturated rings. The summed E-state index contributed by atoms with van der Waals surface area (Å²) in [6.45, 7) is 1.67. The van der Waals surface area contributed by atoms with E-state index in [0.717, 1.165) is 25.7 Å². The van der Waals surface area contributed by atoms with Gasteiger partial charge in [-0.15, -0.1) is 0 Å². The highest BCUT2D eigenvalue weighted by Gasteiger charge is 2.26. The van der Waals surface area contributed by atoms with Crippen LogP contribution in [0.5, 0.6) is 0 Å². The average molecular weight is 380 g/mol. The van der Waals surface area contributed by atoms with Gasteiger partial charge in [-0.25, -0.2) is 21.6 Å². The first-order valence-corrected chi connectivity index (χ1v) is 11.2. The fraction of sp³-hybridized carbons (Fsp3) is 0.333. The summed E-state index contributed by atoms with van der Waals surface area (Å²) in [4.78, 5) is 0.151. The number of rotatable bonds is 5. The van der Waals surface area contributed by atoms with E-state index in [1.165, 1.54) is 24.3 Å². The van der Waals surface area contributed by atoms with E-state index < -0.39 is 19.9 Å². The van der Waals surface area contributed by atoms with E-state index in [1.807, 2.05) is 0 Å². The van der Waals surface area contributed by atoms with Gasteiger partial charge in [-0.1, -0.05) is 37.1 Å². The summed E-state index contributed by atoms with van der Waals surface area (Å²) in [5.74, 6) is 0. The van der Waals surface area contributed by atoms with E-state index in [-0.39, 0.29) is 20.7 Å². The fourth-order valence-electron chi connectivity index (χ4n) is 3.10. The Labute approximate surface area is 149 Å². The number of hydrogen-bond donors (Lipinski definition) is 1. The molecule has 1 aliphatic rings. The molecule has 0 bridgehead atoms. The number of benzene rings is 2. The maximum Gasteiger partial charge on any atom is 0.241 e. The first kappa shape index (κ1) is 18.1. The Morgan fingerprint density at radius 2 is 1.52 bits per heavy atom. The van der Waals surface area contributed by atoms with E-state index >= 15 is 0 Å². The molecule has 1 N–H and O–H groups in total. The van der Waals surface area contributed by atoms with Gasteiger partial charge in [0.15, 0.2) is 0 Å². The molecule has 2 aromatic rings. The van der Waals surface area contributed by atoms with Crippen LogP contribution in [0.3, 0.4) is 0 Å². The van der Waals surface area contributed by atoms with Crippen molar-refractivity contribution in [3.63, 3.8) is 0 Å². The Bertz CT molecular complexity index is 961. The Balaban J connectivity index is 2.01. The van der Waals surface area contributed by atoms with Crippen LogP contribution in [0.15, 0.2) is 63.2 Å². The molecular weight excluding hydrogens is 358 g/mol. The second kappa shape index (κ2) is 6.90. The van der Waals surface area contributed by atoms with Gasteiger partial charge in [-0.2, -0.15) is 0 Å². The van der Waals surface area contributed by atoms with Crippen LogP contribution in [-0.2, 0) is 19.9 Å². The highest BCUT2D eigenvalue weighted by molar-refractivity contribution is 7.91. The molecule has 134 valence electrons. The maximum atomic E-state index is 12.8. The van der Waals surface area contributed by atoms with Gasteiger partial charge >= 0.3 is 0 Å². The summed E-state index contributed by atoms with van der Waals surface area (Å²) >= 11 is 0. The van der Waals surface area contributed by atoms with Crippen molar-refractivity contribution in [1.82, 2.24) is 4.72 Å². The van der Waals surface area contributed by atoms with Gasteiger partial charge in [0.25, 0.3) is 0 Å². The first-order valence-electron chi connectivity index (χ1n) is 8.24. The normalized spacial score (nSPS) is 16.2. The monoisotopic (exact) mass is 379 g/mol. The molecule has 0 saturated heterocycles. The molecule has 2 aromatic carbocycles. The van der Waals surface area contributed by atoms with Gasteiger partial charge in [0.05, 0.1) is 14.7 Å². The van der Waals surface area contributed by atoms with Crippen LogP contribution in [0, 0.1) is 6.92 Å². The molecule has 0 atom stereocenters. The fourth-order valence-corrected chi connectivity index (χ4v) is 6.06. The molecule has 7 heteroatoms. The maximum absolute atomic E-state index is 12.8. The largest absolute Gasteiger partial charge is 0.241 e. The summed E-state index contributed by atoms with van der Waals surface area (Å²) in [6.07, 6.45) is 3.66. The van der Waals surface area contributed by atoms with E-state index in [2.05, 4.69) is 4.72 Å². The zero-order valence-corrected chi connectivity index (χ0v) is 15.6. The van der Waals surface area contributed by atoms with Crippen LogP contribution < -0.4 is 4.72 Å². The summed E-state index contributed by atoms with van der Waals surface area (Å²) in [6, 6.07) is 12.2. The van der Waals surface area contributed by atoms with Crippen LogP contribution >= 0.6 is 0 Å². The number of nitrogens with one attached hydrogen (secondary N) is 1. The lowest BCUT2D eigenvalue weighted by Crippen LogP contribution is -2.33. The van der Waals surface area contributed by atoms with Crippen LogP contribution in [0.1, 0.15) is 31.2 Å². The minimum absolute atomic E-state index is 0.0175. The van der Waals surface area contributed by atoms with Gasteiger partial charge in [-0.05, 0) is 49.6 Å². The summed E-state index contributed by atoms with van der Waals surface area (Å²) < 4.78 is 53.7. The second-order valence-corrected chi connectivity index (χ2v) is 9.98. The zero-order chi connectivity index (χ0) is 18.1. The van der Waals surface area contributed by atoms with Crippen LogP contribution in [0.25, 0.3) is 0 Å². The van der Waals surface area contributed by atoms with E-state index in [4.69, 9.17) is 0 Å². The molecule has 0 amide bonds. The highest BCUT2D eigenvalue weighted by Crippen LogP contribution is 2.26. The molecule has 1 aliphatic carbocycles. The standard InChI is InChI=1S/C18H21NO4S2/c1-14-11-12-17(24(20,21)16-9-3-2-4-10-16)13-18(14)25(22,23)19-15-7-5-6-8-15/h2-4,9-13,15,19H,5-8H2,1H3. The number of sulfone groups is 1. The van der Waals surface area contributed by atoms with Crippen LogP contribution in [0.4, 0.5) is 0 Å². The molecule has 0 spiro atoms. The van der Waals surface area contributed by atoms with Gasteiger partial charge in [0.2, 0.25) is 19.9 Å². The summed E-state index contributed by atoms with van der Waals surface area (Å²) in [7, 11) is -7.51. The molecular formula is C18H21NO4S2. The summed E-state index contributed by atoms with van der Waals surface area (Å²) in [5, 5.41) is 0. The number of sulfonamides is 1. The summed E-state index contributed by atoms with van der Waals surface area (Å²) in [5.41, 5.74) is 0.525. The second-order valence-electron chi connectivity index (χ2n) is 6.35. The third kappa shape index (κ3) is 3.78. The Morgan fingerprint density at radius 3 is 2.16 bits per heavy atom. The van der Waals surface area contributed by atoms with Crippen LogP contribution in [0.2, 0.25) is 0 Å². The van der Waals surface area contributed by atoms with Crippen molar-refractivity contribution in [1.29, 1.82) is 0 Å². The Morgan fingerprint density at radius 1 is 0.880 bits per heavy atom. The van der Waals surface area contributed by atoms with Gasteiger partial charge in [0.1, 0.15) is 0 Å². The predicted octanol–water partition coefficient (Wildman–Crippen LogP) is 3.05. The van der Waals surface area contributed by atoms with E-state index in [0.29, 0.717) is 5.56 Å². The molecule has 1 saturated carbocycles. The number of hydrogen-bond acceptors (Lipinski definition) is 4. The molecule has 0 radical (unpaired) electrons. The van der Waals surface area contributed by atoms with Crippen molar-refractivity contribution in [3.8, 4) is 0 Å². The van der Waals surface area contributed by atoms with Crippen molar-refractivity contribution >= 4 is 19.9 Å². The minimum atomic E-state index is -3.76. The topological polar surface area (TPSA) is 80.3 Å². The quantitative estimate of drug-likeness (QED) is 0.866. The molecule has 0 aromatic heterocycles. The Kier molecular flexibility index (Phi) is 4.99. The van der Waals surface area contributed by atoms with Crippen molar-refractivity contribution in [2.24, 2.45) is 0 Å². The third-order valence-corrected chi connectivity index (χ3v) is 7.92. The lowest BCUT2D eigenvalue weighted by atomic mass is 10.2. The molecule has 5 nitrogen and oxygen atoms in total. The molecule has 0 unspecified atom stereocenters. The average Bonchev–Trinajstić information content (AvgIpc) is 3.08. The van der Waals surface area contributed by atoms with E-state index in [1.54, 1.807) is 31.2 Å². The predicted molar refractivity (Wildman–Crippen MR) is 95.7 cm³/mol. The van der Waals surface area contributed by atoms with Gasteiger partial charge in [0, 0.05) is 6.04 Å².